The van der Waals surface area contributed by atoms with Crippen molar-refractivity contribution in [2.24, 2.45) is 5.73 Å². The van der Waals surface area contributed by atoms with Gasteiger partial charge in [0.25, 0.3) is 0 Å². The highest BCUT2D eigenvalue weighted by molar-refractivity contribution is 7.80. The third kappa shape index (κ3) is 3.04. The average molecular weight is 279 g/mol. The maximum atomic E-state index is 10.0. The molecule has 3 N–H and O–H groups in total. The Morgan fingerprint density at radius 2 is 2.00 bits per heavy atom. The lowest BCUT2D eigenvalue weighted by Crippen LogP contribution is -2.43. The normalized spacial score (nSPS) is 18.4. The van der Waals surface area contributed by atoms with Crippen molar-refractivity contribution in [2.75, 3.05) is 18.0 Å². The van der Waals surface area contributed by atoms with Crippen molar-refractivity contribution in [2.45, 2.75) is 39.2 Å². The van der Waals surface area contributed by atoms with Crippen LogP contribution in [0.1, 0.15) is 36.7 Å². The Morgan fingerprint density at radius 3 is 2.53 bits per heavy atom. The van der Waals surface area contributed by atoms with E-state index >= 15 is 0 Å². The third-order valence-electron chi connectivity index (χ3n) is 3.74. The average Bonchev–Trinajstić information content (AvgIpc) is 2.26. The molecule has 0 aromatic carbocycles. The molecule has 0 unspecified atom stereocenters. The minimum atomic E-state index is -0.559. The third-order valence-corrected chi connectivity index (χ3v) is 3.94. The van der Waals surface area contributed by atoms with E-state index in [-0.39, 0.29) is 0 Å². The minimum absolute atomic E-state index is 0.386. The van der Waals surface area contributed by atoms with E-state index in [1.807, 2.05) is 26.8 Å². The highest BCUT2D eigenvalue weighted by Gasteiger charge is 2.29. The Labute approximate surface area is 119 Å². The molecule has 0 bridgehead atoms. The van der Waals surface area contributed by atoms with Crippen LogP contribution >= 0.6 is 12.2 Å². The molecule has 104 valence electrons. The molecule has 0 amide bonds. The second-order valence-corrected chi connectivity index (χ2v) is 6.03. The molecule has 0 atom stereocenters. The summed E-state index contributed by atoms with van der Waals surface area (Å²) in [6, 6.07) is 2.03. The Kier molecular flexibility index (Phi) is 3.78. The number of pyridine rings is 1. The van der Waals surface area contributed by atoms with Crippen molar-refractivity contribution in [3.8, 4) is 0 Å². The molecule has 5 heteroatoms. The summed E-state index contributed by atoms with van der Waals surface area (Å²) in [4.78, 5) is 7.07. The minimum Gasteiger partial charge on any atom is -0.390 e. The lowest BCUT2D eigenvalue weighted by molar-refractivity contribution is 0.0351. The molecule has 1 aliphatic heterocycles. The van der Waals surface area contributed by atoms with E-state index in [4.69, 9.17) is 18.0 Å². The molecule has 0 aliphatic carbocycles. The Morgan fingerprint density at radius 1 is 1.42 bits per heavy atom. The van der Waals surface area contributed by atoms with Crippen LogP contribution in [0.25, 0.3) is 0 Å². The molecule has 0 saturated carbocycles. The Bertz CT molecular complexity index is 504. The molecule has 1 aromatic rings. The van der Waals surface area contributed by atoms with Crippen LogP contribution in [-0.4, -0.2) is 33.8 Å². The van der Waals surface area contributed by atoms with Gasteiger partial charge in [-0.2, -0.15) is 0 Å². The van der Waals surface area contributed by atoms with Gasteiger partial charge in [-0.25, -0.2) is 0 Å². The van der Waals surface area contributed by atoms with Crippen molar-refractivity contribution in [3.05, 3.63) is 23.0 Å². The lowest BCUT2D eigenvalue weighted by atomic mass is 9.93. The van der Waals surface area contributed by atoms with Crippen molar-refractivity contribution in [1.29, 1.82) is 0 Å². The monoisotopic (exact) mass is 279 g/mol. The fourth-order valence-electron chi connectivity index (χ4n) is 2.59. The summed E-state index contributed by atoms with van der Waals surface area (Å²) < 4.78 is 0. The molecular formula is C14H21N3OS. The maximum absolute atomic E-state index is 10.0. The highest BCUT2D eigenvalue weighted by atomic mass is 32.1. The van der Waals surface area contributed by atoms with E-state index in [1.165, 1.54) is 0 Å². The van der Waals surface area contributed by atoms with Gasteiger partial charge >= 0.3 is 0 Å². The van der Waals surface area contributed by atoms with Gasteiger partial charge in [0.05, 0.1) is 16.9 Å². The second kappa shape index (κ2) is 5.06. The van der Waals surface area contributed by atoms with Gasteiger partial charge in [-0.15, -0.1) is 0 Å². The van der Waals surface area contributed by atoms with Gasteiger partial charge in [-0.1, -0.05) is 12.2 Å². The lowest BCUT2D eigenvalue weighted by Gasteiger charge is -2.38. The van der Waals surface area contributed by atoms with Gasteiger partial charge in [-0.3, -0.25) is 4.98 Å². The van der Waals surface area contributed by atoms with Crippen LogP contribution in [0.15, 0.2) is 6.07 Å². The van der Waals surface area contributed by atoms with Gasteiger partial charge in [0.15, 0.2) is 0 Å². The van der Waals surface area contributed by atoms with Crippen LogP contribution in [-0.2, 0) is 0 Å². The zero-order valence-corrected chi connectivity index (χ0v) is 12.5. The topological polar surface area (TPSA) is 62.4 Å². The number of nitrogens with zero attached hydrogens (tertiary/aromatic N) is 2. The molecule has 0 radical (unpaired) electrons. The number of anilines is 1. The molecule has 1 aliphatic rings. The predicted molar refractivity (Wildman–Crippen MR) is 81.7 cm³/mol. The number of piperidine rings is 1. The summed E-state index contributed by atoms with van der Waals surface area (Å²) in [5, 5.41) is 10.0. The second-order valence-electron chi connectivity index (χ2n) is 5.59. The Hall–Kier alpha value is -1.20. The number of thiocarbonyl (C=S) groups is 1. The van der Waals surface area contributed by atoms with Crippen LogP contribution < -0.4 is 10.6 Å². The maximum Gasteiger partial charge on any atom is 0.107 e. The van der Waals surface area contributed by atoms with Crippen molar-refractivity contribution >= 4 is 22.9 Å². The summed E-state index contributed by atoms with van der Waals surface area (Å²) in [5.74, 6) is 0. The van der Waals surface area contributed by atoms with E-state index in [2.05, 4.69) is 9.88 Å². The van der Waals surface area contributed by atoms with Crippen LogP contribution in [0.5, 0.6) is 0 Å². The quantitative estimate of drug-likeness (QED) is 0.807. The fraction of sp³-hybridized carbons (Fsp3) is 0.571. The van der Waals surface area contributed by atoms with Crippen LogP contribution in [0, 0.1) is 13.8 Å². The molecule has 19 heavy (non-hydrogen) atoms. The van der Waals surface area contributed by atoms with Gasteiger partial charge in [0, 0.05) is 24.5 Å². The van der Waals surface area contributed by atoms with Crippen LogP contribution in [0.2, 0.25) is 0 Å². The number of aryl methyl sites for hydroxylation is 2. The summed E-state index contributed by atoms with van der Waals surface area (Å²) >= 11 is 5.16. The van der Waals surface area contributed by atoms with E-state index in [0.29, 0.717) is 4.99 Å². The molecule has 1 saturated heterocycles. The number of nitrogens with two attached hydrogens (primary N) is 1. The summed E-state index contributed by atoms with van der Waals surface area (Å²) in [6.45, 7) is 7.42. The first kappa shape index (κ1) is 14.2. The van der Waals surface area contributed by atoms with E-state index in [0.717, 1.165) is 48.6 Å². The van der Waals surface area contributed by atoms with Crippen molar-refractivity contribution in [1.82, 2.24) is 4.98 Å². The molecule has 1 aromatic heterocycles. The van der Waals surface area contributed by atoms with Crippen LogP contribution in [0.3, 0.4) is 0 Å². The zero-order valence-electron chi connectivity index (χ0n) is 11.7. The van der Waals surface area contributed by atoms with Crippen LogP contribution in [0.4, 0.5) is 5.69 Å². The number of aromatic nitrogens is 1. The smallest absolute Gasteiger partial charge is 0.107 e. The van der Waals surface area contributed by atoms with Gasteiger partial charge in [0.1, 0.15) is 4.99 Å². The fourth-order valence-corrected chi connectivity index (χ4v) is 2.84. The first-order valence-electron chi connectivity index (χ1n) is 6.55. The van der Waals surface area contributed by atoms with E-state index < -0.39 is 5.60 Å². The predicted octanol–water partition coefficient (Wildman–Crippen LogP) is 1.68. The number of rotatable bonds is 2. The highest BCUT2D eigenvalue weighted by Crippen LogP contribution is 2.29. The van der Waals surface area contributed by atoms with Crippen molar-refractivity contribution in [3.63, 3.8) is 0 Å². The molecule has 0 spiro atoms. The number of aliphatic hydroxyl groups is 1. The molecule has 4 nitrogen and oxygen atoms in total. The molecule has 1 fully saturated rings. The molecule has 2 rings (SSSR count). The zero-order chi connectivity index (χ0) is 14.2. The molecule has 2 heterocycles. The van der Waals surface area contributed by atoms with Crippen molar-refractivity contribution < 1.29 is 5.11 Å². The first-order chi connectivity index (χ1) is 8.80. The summed E-state index contributed by atoms with van der Waals surface area (Å²) in [5.41, 5.74) is 9.03. The van der Waals surface area contributed by atoms with Gasteiger partial charge in [0.2, 0.25) is 0 Å². The van der Waals surface area contributed by atoms with E-state index in [9.17, 15) is 5.11 Å². The van der Waals surface area contributed by atoms with Gasteiger partial charge in [-0.05, 0) is 39.7 Å². The first-order valence-corrected chi connectivity index (χ1v) is 6.96. The Balaban J connectivity index is 2.37. The number of hydrogen-bond donors (Lipinski definition) is 2. The van der Waals surface area contributed by atoms with Gasteiger partial charge < -0.3 is 15.7 Å². The standard InChI is InChI=1S/C14H21N3OS/c1-9-8-11(12(13(15)19)10(2)16-9)17-6-4-14(3,18)5-7-17/h8,18H,4-7H2,1-3H3,(H2,15,19). The summed E-state index contributed by atoms with van der Waals surface area (Å²) in [6.07, 6.45) is 1.51. The largest absolute Gasteiger partial charge is 0.390 e. The van der Waals surface area contributed by atoms with E-state index in [1.54, 1.807) is 0 Å². The SMILES string of the molecule is Cc1cc(N2CCC(C)(O)CC2)c(C(N)=S)c(C)n1. The number of hydrogen-bond acceptors (Lipinski definition) is 4. The molecular weight excluding hydrogens is 258 g/mol. The summed E-state index contributed by atoms with van der Waals surface area (Å²) in [7, 11) is 0.